The Kier molecular flexibility index (Phi) is 5.55. The number of piperidine rings is 1. The lowest BCUT2D eigenvalue weighted by Crippen LogP contribution is -2.38. The molecular weight excluding hydrogens is 374 g/mol. The van der Waals surface area contributed by atoms with Gasteiger partial charge in [-0.1, -0.05) is 47.1 Å². The van der Waals surface area contributed by atoms with E-state index >= 15 is 0 Å². The minimum atomic E-state index is -0.0230. The lowest BCUT2D eigenvalue weighted by Gasteiger charge is -2.31. The highest BCUT2D eigenvalue weighted by atomic mass is 35.5. The highest BCUT2D eigenvalue weighted by Gasteiger charge is 2.28. The Hall–Kier alpha value is -2.50. The van der Waals surface area contributed by atoms with Crippen LogP contribution in [0.1, 0.15) is 34.7 Å². The maximum atomic E-state index is 13.0. The van der Waals surface area contributed by atoms with Crippen molar-refractivity contribution in [1.29, 1.82) is 0 Å². The van der Waals surface area contributed by atoms with Crippen molar-refractivity contribution in [2.75, 3.05) is 13.1 Å². The predicted molar refractivity (Wildman–Crippen MR) is 108 cm³/mol. The van der Waals surface area contributed by atoms with Gasteiger partial charge in [0.05, 0.1) is 6.54 Å². The molecule has 6 heteroatoms. The summed E-state index contributed by atoms with van der Waals surface area (Å²) < 4.78 is 5.43. The molecule has 0 N–H and O–H groups in total. The standard InChI is InChI=1S/C22H22ClN3O2/c1-15-12-18(23)9-10-19(15)21(27)17-8-5-11-26(13-17)14-20-24-22(25-28-20)16-6-3-2-4-7-16/h2-4,6-7,9-10,12,17H,5,8,11,13-14H2,1H3. The number of ketones is 1. The van der Waals surface area contributed by atoms with Crippen LogP contribution < -0.4 is 0 Å². The number of rotatable bonds is 5. The van der Waals surface area contributed by atoms with Gasteiger partial charge in [0, 0.05) is 28.6 Å². The van der Waals surface area contributed by atoms with Gasteiger partial charge in [-0.15, -0.1) is 0 Å². The quantitative estimate of drug-likeness (QED) is 0.581. The molecule has 0 aliphatic carbocycles. The van der Waals surface area contributed by atoms with Gasteiger partial charge in [-0.3, -0.25) is 9.69 Å². The van der Waals surface area contributed by atoms with Gasteiger partial charge < -0.3 is 4.52 Å². The van der Waals surface area contributed by atoms with Crippen molar-refractivity contribution in [3.63, 3.8) is 0 Å². The van der Waals surface area contributed by atoms with Gasteiger partial charge in [0.2, 0.25) is 11.7 Å². The molecule has 4 rings (SSSR count). The first-order chi connectivity index (χ1) is 13.6. The second-order valence-electron chi connectivity index (χ2n) is 7.28. The van der Waals surface area contributed by atoms with Crippen LogP contribution in [0.3, 0.4) is 0 Å². The van der Waals surface area contributed by atoms with E-state index in [2.05, 4.69) is 15.0 Å². The Bertz CT molecular complexity index is 971. The Morgan fingerprint density at radius 1 is 1.25 bits per heavy atom. The van der Waals surface area contributed by atoms with Crippen molar-refractivity contribution < 1.29 is 9.32 Å². The number of nitrogens with zero attached hydrogens (tertiary/aromatic N) is 3. The van der Waals surface area contributed by atoms with Crippen LogP contribution in [-0.2, 0) is 6.54 Å². The first-order valence-electron chi connectivity index (χ1n) is 9.51. The Balaban J connectivity index is 1.43. The number of aromatic nitrogens is 2. The highest BCUT2D eigenvalue weighted by molar-refractivity contribution is 6.30. The monoisotopic (exact) mass is 395 g/mol. The smallest absolute Gasteiger partial charge is 0.241 e. The van der Waals surface area contributed by atoms with Crippen molar-refractivity contribution in [1.82, 2.24) is 15.0 Å². The molecule has 0 spiro atoms. The molecule has 1 aliphatic rings. The van der Waals surface area contributed by atoms with Gasteiger partial charge in [0.25, 0.3) is 0 Å². The normalized spacial score (nSPS) is 17.6. The number of Topliss-reactive ketones (excluding diaryl/α,β-unsaturated/α-hetero) is 1. The Morgan fingerprint density at radius 2 is 2.07 bits per heavy atom. The summed E-state index contributed by atoms with van der Waals surface area (Å²) in [6.07, 6.45) is 1.87. The molecule has 1 unspecified atom stereocenters. The SMILES string of the molecule is Cc1cc(Cl)ccc1C(=O)C1CCCN(Cc2nc(-c3ccccc3)no2)C1. The van der Waals surface area contributed by atoms with Crippen molar-refractivity contribution in [2.45, 2.75) is 26.3 Å². The molecule has 0 radical (unpaired) electrons. The van der Waals surface area contributed by atoms with Crippen molar-refractivity contribution >= 4 is 17.4 Å². The van der Waals surface area contributed by atoms with Gasteiger partial charge >= 0.3 is 0 Å². The van der Waals surface area contributed by atoms with Gasteiger partial charge in [0.1, 0.15) is 0 Å². The molecular formula is C22H22ClN3O2. The molecule has 144 valence electrons. The van der Waals surface area contributed by atoms with E-state index in [0.717, 1.165) is 36.1 Å². The third kappa shape index (κ3) is 4.16. The number of hydrogen-bond donors (Lipinski definition) is 0. The van der Waals surface area contributed by atoms with E-state index in [-0.39, 0.29) is 11.7 Å². The number of likely N-dealkylation sites (tertiary alicyclic amines) is 1. The van der Waals surface area contributed by atoms with Crippen LogP contribution in [0.25, 0.3) is 11.4 Å². The Morgan fingerprint density at radius 3 is 2.86 bits per heavy atom. The zero-order valence-corrected chi connectivity index (χ0v) is 16.5. The minimum absolute atomic E-state index is 0.0230. The molecule has 1 fully saturated rings. The molecule has 2 aromatic carbocycles. The second-order valence-corrected chi connectivity index (χ2v) is 7.71. The molecule has 1 aliphatic heterocycles. The molecule has 1 atom stereocenters. The fourth-order valence-corrected chi connectivity index (χ4v) is 3.98. The number of aryl methyl sites for hydroxylation is 1. The van der Waals surface area contributed by atoms with Crippen molar-refractivity contribution in [3.05, 3.63) is 70.6 Å². The lowest BCUT2D eigenvalue weighted by atomic mass is 9.88. The number of carbonyl (C=O) groups is 1. The van der Waals surface area contributed by atoms with Crippen LogP contribution >= 0.6 is 11.6 Å². The van der Waals surface area contributed by atoms with Crippen molar-refractivity contribution in [2.24, 2.45) is 5.92 Å². The maximum Gasteiger partial charge on any atom is 0.241 e. The first-order valence-corrected chi connectivity index (χ1v) is 9.88. The fraction of sp³-hybridized carbons (Fsp3) is 0.318. The summed E-state index contributed by atoms with van der Waals surface area (Å²) in [7, 11) is 0. The summed E-state index contributed by atoms with van der Waals surface area (Å²) in [5.74, 6) is 1.34. The van der Waals surface area contributed by atoms with E-state index in [0.29, 0.717) is 29.8 Å². The van der Waals surface area contributed by atoms with Crippen LogP contribution in [0.2, 0.25) is 5.02 Å². The number of halogens is 1. The van der Waals surface area contributed by atoms with Crippen LogP contribution in [-0.4, -0.2) is 33.9 Å². The number of hydrogen-bond acceptors (Lipinski definition) is 5. The third-order valence-electron chi connectivity index (χ3n) is 5.19. The van der Waals surface area contributed by atoms with E-state index in [1.807, 2.05) is 49.4 Å². The summed E-state index contributed by atoms with van der Waals surface area (Å²) in [4.78, 5) is 19.7. The summed E-state index contributed by atoms with van der Waals surface area (Å²) in [5, 5.41) is 4.74. The molecule has 0 amide bonds. The summed E-state index contributed by atoms with van der Waals surface area (Å²) in [6, 6.07) is 15.2. The van der Waals surface area contributed by atoms with E-state index in [4.69, 9.17) is 16.1 Å². The molecule has 5 nitrogen and oxygen atoms in total. The topological polar surface area (TPSA) is 59.2 Å². The largest absolute Gasteiger partial charge is 0.338 e. The average Bonchev–Trinajstić information content (AvgIpc) is 3.17. The van der Waals surface area contributed by atoms with Gasteiger partial charge in [-0.25, -0.2) is 0 Å². The first kappa shape index (κ1) is 18.8. The molecule has 0 bridgehead atoms. The average molecular weight is 396 g/mol. The summed E-state index contributed by atoms with van der Waals surface area (Å²) in [6.45, 7) is 4.11. The molecule has 28 heavy (non-hydrogen) atoms. The molecule has 3 aromatic rings. The van der Waals surface area contributed by atoms with Crippen LogP contribution in [0.4, 0.5) is 0 Å². The molecule has 1 saturated heterocycles. The second kappa shape index (κ2) is 8.25. The molecule has 1 aromatic heterocycles. The zero-order valence-electron chi connectivity index (χ0n) is 15.8. The van der Waals surface area contributed by atoms with Crippen LogP contribution in [0, 0.1) is 12.8 Å². The predicted octanol–water partition coefficient (Wildman–Crippen LogP) is 4.79. The fourth-order valence-electron chi connectivity index (χ4n) is 3.75. The van der Waals surface area contributed by atoms with Gasteiger partial charge in [-0.05, 0) is 50.1 Å². The maximum absolute atomic E-state index is 13.0. The van der Waals surface area contributed by atoms with Crippen LogP contribution in [0.15, 0.2) is 53.1 Å². The number of carbonyl (C=O) groups excluding carboxylic acids is 1. The molecule has 2 heterocycles. The van der Waals surface area contributed by atoms with E-state index in [1.165, 1.54) is 0 Å². The summed E-state index contributed by atoms with van der Waals surface area (Å²) in [5.41, 5.74) is 2.63. The van der Waals surface area contributed by atoms with E-state index < -0.39 is 0 Å². The van der Waals surface area contributed by atoms with E-state index in [1.54, 1.807) is 6.07 Å². The van der Waals surface area contributed by atoms with Crippen LogP contribution in [0.5, 0.6) is 0 Å². The van der Waals surface area contributed by atoms with Gasteiger partial charge in [-0.2, -0.15) is 4.98 Å². The third-order valence-corrected chi connectivity index (χ3v) is 5.42. The van der Waals surface area contributed by atoms with E-state index in [9.17, 15) is 4.79 Å². The Labute approximate surface area is 169 Å². The van der Waals surface area contributed by atoms with Gasteiger partial charge in [0.15, 0.2) is 5.78 Å². The molecule has 0 saturated carbocycles. The van der Waals surface area contributed by atoms with Crippen molar-refractivity contribution in [3.8, 4) is 11.4 Å². The zero-order chi connectivity index (χ0) is 19.5. The lowest BCUT2D eigenvalue weighted by molar-refractivity contribution is 0.0796. The summed E-state index contributed by atoms with van der Waals surface area (Å²) >= 11 is 6.02. The minimum Gasteiger partial charge on any atom is -0.338 e. The highest BCUT2D eigenvalue weighted by Crippen LogP contribution is 2.25. The number of benzene rings is 2.